The average Bonchev–Trinajstić information content (AvgIpc) is 2.15. The molecule has 0 aromatic heterocycles. The zero-order chi connectivity index (χ0) is 11.5. The Morgan fingerprint density at radius 1 is 1.20 bits per heavy atom. The fraction of sp³-hybridized carbons (Fsp3) is 1.00. The maximum atomic E-state index is 9.74. The van der Waals surface area contributed by atoms with Crippen LogP contribution in [-0.4, -0.2) is 59.3 Å². The first-order valence-corrected chi connectivity index (χ1v) is 6.11. The highest BCUT2D eigenvalue weighted by molar-refractivity contribution is 4.79. The molecule has 1 rings (SSSR count). The summed E-state index contributed by atoms with van der Waals surface area (Å²) in [5.74, 6) is 0. The van der Waals surface area contributed by atoms with Gasteiger partial charge < -0.3 is 5.11 Å². The highest BCUT2D eigenvalue weighted by Gasteiger charge is 2.24. The monoisotopic (exact) mass is 214 g/mol. The van der Waals surface area contributed by atoms with E-state index in [1.54, 1.807) is 0 Å². The number of piperazine rings is 1. The molecule has 1 atom stereocenters. The Bertz CT molecular complexity index is 181. The summed E-state index contributed by atoms with van der Waals surface area (Å²) in [5, 5.41) is 9.74. The van der Waals surface area contributed by atoms with Gasteiger partial charge in [-0.3, -0.25) is 9.80 Å². The van der Waals surface area contributed by atoms with Crippen LogP contribution in [-0.2, 0) is 0 Å². The van der Waals surface area contributed by atoms with Gasteiger partial charge in [0.1, 0.15) is 0 Å². The number of hydrogen-bond donors (Lipinski definition) is 1. The Morgan fingerprint density at radius 3 is 2.13 bits per heavy atom. The van der Waals surface area contributed by atoms with E-state index in [1.165, 1.54) is 6.42 Å². The lowest BCUT2D eigenvalue weighted by molar-refractivity contribution is 0.0120. The molecule has 0 aliphatic carbocycles. The molecule has 3 nitrogen and oxygen atoms in total. The van der Waals surface area contributed by atoms with Crippen LogP contribution in [0.3, 0.4) is 0 Å². The fourth-order valence-corrected chi connectivity index (χ4v) is 2.17. The molecule has 1 aliphatic heterocycles. The smallest absolute Gasteiger partial charge is 0.0718 e. The van der Waals surface area contributed by atoms with Crippen molar-refractivity contribution in [3.63, 3.8) is 0 Å². The summed E-state index contributed by atoms with van der Waals surface area (Å²) in [5.41, 5.74) is -0.557. The molecule has 90 valence electrons. The van der Waals surface area contributed by atoms with Crippen molar-refractivity contribution in [2.75, 3.05) is 32.7 Å². The van der Waals surface area contributed by atoms with E-state index >= 15 is 0 Å². The summed E-state index contributed by atoms with van der Waals surface area (Å²) in [6.45, 7) is 13.6. The Kier molecular flexibility index (Phi) is 4.56. The third-order valence-corrected chi connectivity index (χ3v) is 3.23. The quantitative estimate of drug-likeness (QED) is 0.761. The Balaban J connectivity index is 2.30. The van der Waals surface area contributed by atoms with Gasteiger partial charge in [0, 0.05) is 38.8 Å². The zero-order valence-electron chi connectivity index (χ0n) is 10.7. The van der Waals surface area contributed by atoms with Gasteiger partial charge in [-0.1, -0.05) is 6.92 Å². The van der Waals surface area contributed by atoms with Crippen molar-refractivity contribution in [1.29, 1.82) is 0 Å². The summed E-state index contributed by atoms with van der Waals surface area (Å²) in [6, 6.07) is 0.703. The van der Waals surface area contributed by atoms with Crippen molar-refractivity contribution in [2.24, 2.45) is 0 Å². The second kappa shape index (κ2) is 5.28. The Morgan fingerprint density at radius 2 is 1.73 bits per heavy atom. The summed E-state index contributed by atoms with van der Waals surface area (Å²) in [7, 11) is 0. The van der Waals surface area contributed by atoms with Gasteiger partial charge in [-0.15, -0.1) is 0 Å². The molecule has 1 saturated heterocycles. The minimum absolute atomic E-state index is 0.557. The molecular formula is C12H26N2O. The van der Waals surface area contributed by atoms with Gasteiger partial charge in [-0.25, -0.2) is 0 Å². The van der Waals surface area contributed by atoms with Gasteiger partial charge in [0.25, 0.3) is 0 Å². The van der Waals surface area contributed by atoms with Gasteiger partial charge in [0.05, 0.1) is 5.60 Å². The molecule has 1 fully saturated rings. The van der Waals surface area contributed by atoms with Gasteiger partial charge in [-0.2, -0.15) is 0 Å². The Labute approximate surface area is 94.1 Å². The van der Waals surface area contributed by atoms with E-state index in [9.17, 15) is 5.11 Å². The van der Waals surface area contributed by atoms with Crippen LogP contribution in [0.25, 0.3) is 0 Å². The van der Waals surface area contributed by atoms with Crippen molar-refractivity contribution in [2.45, 2.75) is 45.8 Å². The van der Waals surface area contributed by atoms with Crippen molar-refractivity contribution < 1.29 is 5.11 Å². The minimum atomic E-state index is -0.557. The standard InChI is InChI=1S/C12H26N2O/c1-5-11(2)14-8-6-13(7-9-14)10-12(3,4)15/h11,15H,5-10H2,1-4H3. The summed E-state index contributed by atoms with van der Waals surface area (Å²) < 4.78 is 0. The van der Waals surface area contributed by atoms with E-state index in [0.29, 0.717) is 6.04 Å². The molecular weight excluding hydrogens is 188 g/mol. The highest BCUT2D eigenvalue weighted by atomic mass is 16.3. The number of β-amino-alcohol motifs (C(OH)–C–C–N with tert-alkyl or cyclic N) is 1. The third kappa shape index (κ3) is 4.49. The fourth-order valence-electron chi connectivity index (χ4n) is 2.17. The first kappa shape index (κ1) is 12.9. The normalized spacial score (nSPS) is 23.0. The van der Waals surface area contributed by atoms with Gasteiger partial charge in [0.15, 0.2) is 0 Å². The van der Waals surface area contributed by atoms with E-state index in [1.807, 2.05) is 13.8 Å². The lowest BCUT2D eigenvalue weighted by Crippen LogP contribution is -2.52. The molecule has 0 radical (unpaired) electrons. The van der Waals surface area contributed by atoms with E-state index < -0.39 is 5.60 Å². The number of nitrogens with zero attached hydrogens (tertiary/aromatic N) is 2. The lowest BCUT2D eigenvalue weighted by Gasteiger charge is -2.39. The largest absolute Gasteiger partial charge is 0.389 e. The predicted octanol–water partition coefficient (Wildman–Crippen LogP) is 1.17. The summed E-state index contributed by atoms with van der Waals surface area (Å²) >= 11 is 0. The summed E-state index contributed by atoms with van der Waals surface area (Å²) in [6.07, 6.45) is 1.23. The molecule has 3 heteroatoms. The van der Waals surface area contributed by atoms with Crippen LogP contribution in [0.5, 0.6) is 0 Å². The van der Waals surface area contributed by atoms with Crippen molar-refractivity contribution in [1.82, 2.24) is 9.80 Å². The van der Waals surface area contributed by atoms with Crippen LogP contribution < -0.4 is 0 Å². The maximum absolute atomic E-state index is 9.74. The third-order valence-electron chi connectivity index (χ3n) is 3.23. The number of hydrogen-bond acceptors (Lipinski definition) is 3. The molecule has 0 bridgehead atoms. The van der Waals surface area contributed by atoms with Gasteiger partial charge >= 0.3 is 0 Å². The molecule has 1 unspecified atom stereocenters. The van der Waals surface area contributed by atoms with Crippen molar-refractivity contribution in [3.05, 3.63) is 0 Å². The molecule has 0 spiro atoms. The topological polar surface area (TPSA) is 26.7 Å². The van der Waals surface area contributed by atoms with Gasteiger partial charge in [-0.05, 0) is 27.2 Å². The molecule has 1 heterocycles. The van der Waals surface area contributed by atoms with E-state index in [-0.39, 0.29) is 0 Å². The van der Waals surface area contributed by atoms with Crippen LogP contribution >= 0.6 is 0 Å². The maximum Gasteiger partial charge on any atom is 0.0718 e. The first-order chi connectivity index (χ1) is 6.92. The average molecular weight is 214 g/mol. The first-order valence-electron chi connectivity index (χ1n) is 6.11. The number of aliphatic hydroxyl groups is 1. The SMILES string of the molecule is CCC(C)N1CCN(CC(C)(C)O)CC1. The molecule has 15 heavy (non-hydrogen) atoms. The van der Waals surface area contributed by atoms with Crippen molar-refractivity contribution >= 4 is 0 Å². The van der Waals surface area contributed by atoms with E-state index in [4.69, 9.17) is 0 Å². The second-order valence-electron chi connectivity index (χ2n) is 5.38. The number of rotatable bonds is 4. The van der Waals surface area contributed by atoms with Crippen LogP contribution in [0.2, 0.25) is 0 Å². The van der Waals surface area contributed by atoms with Crippen LogP contribution in [0.1, 0.15) is 34.1 Å². The predicted molar refractivity (Wildman–Crippen MR) is 64.1 cm³/mol. The Hall–Kier alpha value is -0.120. The summed E-state index contributed by atoms with van der Waals surface area (Å²) in [4.78, 5) is 4.90. The molecule has 0 saturated carbocycles. The molecule has 0 amide bonds. The zero-order valence-corrected chi connectivity index (χ0v) is 10.7. The van der Waals surface area contributed by atoms with Crippen LogP contribution in [0, 0.1) is 0 Å². The minimum Gasteiger partial charge on any atom is -0.389 e. The molecule has 0 aromatic carbocycles. The van der Waals surface area contributed by atoms with Crippen LogP contribution in [0.4, 0.5) is 0 Å². The molecule has 0 aromatic rings. The van der Waals surface area contributed by atoms with Crippen molar-refractivity contribution in [3.8, 4) is 0 Å². The van der Waals surface area contributed by atoms with E-state index in [0.717, 1.165) is 32.7 Å². The molecule has 1 aliphatic rings. The lowest BCUT2D eigenvalue weighted by atomic mass is 10.1. The highest BCUT2D eigenvalue weighted by Crippen LogP contribution is 2.11. The molecule has 1 N–H and O–H groups in total. The van der Waals surface area contributed by atoms with Crippen LogP contribution in [0.15, 0.2) is 0 Å². The van der Waals surface area contributed by atoms with Gasteiger partial charge in [0.2, 0.25) is 0 Å². The second-order valence-corrected chi connectivity index (χ2v) is 5.38. The van der Waals surface area contributed by atoms with E-state index in [2.05, 4.69) is 23.6 Å².